The minimum absolute atomic E-state index is 0.0205. The van der Waals surface area contributed by atoms with E-state index in [0.29, 0.717) is 12.1 Å². The maximum Gasteiger partial charge on any atom is 0.306 e. The molecule has 0 unspecified atom stereocenters. The lowest BCUT2D eigenvalue weighted by molar-refractivity contribution is -0.140. The molecule has 0 aliphatic heterocycles. The van der Waals surface area contributed by atoms with E-state index in [4.69, 9.17) is 10.5 Å². The number of anilines is 1. The number of nitrogen functional groups attached to an aromatic ring is 1. The van der Waals surface area contributed by atoms with E-state index in [0.717, 1.165) is 11.3 Å². The number of sulfonamides is 1. The number of nitrogens with zero attached hydrogens (tertiary/aromatic N) is 1. The van der Waals surface area contributed by atoms with Crippen molar-refractivity contribution in [1.29, 1.82) is 0 Å². The summed E-state index contributed by atoms with van der Waals surface area (Å²) < 4.78 is 37.0. The van der Waals surface area contributed by atoms with Gasteiger partial charge in [-0.25, -0.2) is 8.42 Å². The molecule has 0 bridgehead atoms. The minimum Gasteiger partial charge on any atom is -0.497 e. The molecule has 0 amide bonds. The summed E-state index contributed by atoms with van der Waals surface area (Å²) in [4.78, 5) is 11.6. The lowest BCUT2D eigenvalue weighted by Gasteiger charge is -2.22. The van der Waals surface area contributed by atoms with Crippen molar-refractivity contribution in [3.63, 3.8) is 0 Å². The zero-order chi connectivity index (χ0) is 19.9. The number of ether oxygens (including phenoxy) is 2. The molecule has 0 fully saturated rings. The normalized spacial score (nSPS) is 11.4. The van der Waals surface area contributed by atoms with Crippen LogP contribution in [0.15, 0.2) is 53.4 Å². The van der Waals surface area contributed by atoms with Gasteiger partial charge in [-0.15, -0.1) is 0 Å². The second-order valence-electron chi connectivity index (χ2n) is 5.90. The van der Waals surface area contributed by atoms with Gasteiger partial charge in [0.25, 0.3) is 0 Å². The van der Waals surface area contributed by atoms with Crippen molar-refractivity contribution in [3.05, 3.63) is 54.1 Å². The molecule has 0 heterocycles. The Morgan fingerprint density at radius 1 is 1.00 bits per heavy atom. The number of hydrogen-bond acceptors (Lipinski definition) is 6. The number of methoxy groups -OCH3 is 2. The van der Waals surface area contributed by atoms with Crippen LogP contribution >= 0.6 is 0 Å². The molecule has 0 atom stereocenters. The smallest absolute Gasteiger partial charge is 0.306 e. The fraction of sp³-hybridized carbons (Fsp3) is 0.316. The van der Waals surface area contributed by atoms with Crippen molar-refractivity contribution < 1.29 is 22.7 Å². The maximum atomic E-state index is 13.0. The van der Waals surface area contributed by atoms with Crippen molar-refractivity contribution >= 4 is 21.7 Å². The van der Waals surface area contributed by atoms with Crippen LogP contribution in [0, 0.1) is 0 Å². The SMILES string of the molecule is COC(=O)CCN(CCc1ccc(OC)cc1)S(=O)(=O)c1ccc(N)cc1. The predicted octanol–water partition coefficient (Wildman–Crippen LogP) is 2.07. The standard InChI is InChI=1S/C19H24N2O5S/c1-25-17-7-3-15(4-8-17)11-13-21(14-12-19(22)26-2)27(23,24)18-9-5-16(20)6-10-18/h3-10H,11-14,20H2,1-2H3. The minimum atomic E-state index is -3.76. The first-order chi connectivity index (χ1) is 12.9. The molecular weight excluding hydrogens is 368 g/mol. The summed E-state index contributed by atoms with van der Waals surface area (Å²) in [6, 6.07) is 13.4. The van der Waals surface area contributed by atoms with E-state index in [1.807, 2.05) is 24.3 Å². The van der Waals surface area contributed by atoms with E-state index in [1.54, 1.807) is 7.11 Å². The molecule has 0 spiro atoms. The van der Waals surface area contributed by atoms with Crippen molar-refractivity contribution in [2.24, 2.45) is 0 Å². The van der Waals surface area contributed by atoms with Crippen LogP contribution in [0.25, 0.3) is 0 Å². The van der Waals surface area contributed by atoms with Gasteiger partial charge in [-0.2, -0.15) is 4.31 Å². The Balaban J connectivity index is 2.18. The van der Waals surface area contributed by atoms with Crippen LogP contribution in [0.3, 0.4) is 0 Å². The van der Waals surface area contributed by atoms with Crippen molar-refractivity contribution in [2.45, 2.75) is 17.7 Å². The van der Waals surface area contributed by atoms with Gasteiger partial charge in [-0.05, 0) is 48.4 Å². The molecule has 27 heavy (non-hydrogen) atoms. The molecule has 0 radical (unpaired) electrons. The summed E-state index contributed by atoms with van der Waals surface area (Å²) >= 11 is 0. The van der Waals surface area contributed by atoms with Crippen LogP contribution in [0.4, 0.5) is 5.69 Å². The quantitative estimate of drug-likeness (QED) is 0.518. The molecule has 0 aromatic heterocycles. The van der Waals surface area contributed by atoms with Crippen molar-refractivity contribution in [3.8, 4) is 5.75 Å². The Hall–Kier alpha value is -2.58. The fourth-order valence-corrected chi connectivity index (χ4v) is 3.95. The highest BCUT2D eigenvalue weighted by Gasteiger charge is 2.25. The lowest BCUT2D eigenvalue weighted by atomic mass is 10.1. The van der Waals surface area contributed by atoms with E-state index in [2.05, 4.69) is 4.74 Å². The second-order valence-corrected chi connectivity index (χ2v) is 7.84. The molecule has 8 heteroatoms. The number of rotatable bonds is 9. The average Bonchev–Trinajstić information content (AvgIpc) is 2.68. The second kappa shape index (κ2) is 9.38. The van der Waals surface area contributed by atoms with Gasteiger partial charge in [0.2, 0.25) is 10.0 Å². The molecule has 0 aliphatic carbocycles. The third-order valence-electron chi connectivity index (χ3n) is 4.12. The third-order valence-corrected chi connectivity index (χ3v) is 6.03. The third kappa shape index (κ3) is 5.70. The van der Waals surface area contributed by atoms with Gasteiger partial charge in [0, 0.05) is 18.8 Å². The van der Waals surface area contributed by atoms with Crippen molar-refractivity contribution in [1.82, 2.24) is 4.31 Å². The lowest BCUT2D eigenvalue weighted by Crippen LogP contribution is -2.35. The number of carbonyl (C=O) groups is 1. The molecule has 0 saturated heterocycles. The first kappa shape index (κ1) is 20.7. The Morgan fingerprint density at radius 2 is 1.63 bits per heavy atom. The van der Waals surface area contributed by atoms with Gasteiger partial charge < -0.3 is 15.2 Å². The summed E-state index contributed by atoms with van der Waals surface area (Å²) in [5.41, 5.74) is 7.09. The molecule has 2 aromatic rings. The Morgan fingerprint density at radius 3 is 2.19 bits per heavy atom. The number of esters is 1. The van der Waals surface area contributed by atoms with E-state index in [1.165, 1.54) is 35.7 Å². The van der Waals surface area contributed by atoms with E-state index in [-0.39, 0.29) is 24.4 Å². The number of hydrogen-bond donors (Lipinski definition) is 1. The van der Waals surface area contributed by atoms with E-state index >= 15 is 0 Å². The molecule has 2 N–H and O–H groups in total. The first-order valence-electron chi connectivity index (χ1n) is 8.42. The van der Waals surface area contributed by atoms with Crippen LogP contribution in [0.1, 0.15) is 12.0 Å². The van der Waals surface area contributed by atoms with Gasteiger partial charge in [-0.3, -0.25) is 4.79 Å². The van der Waals surface area contributed by atoms with Crippen LogP contribution < -0.4 is 10.5 Å². The maximum absolute atomic E-state index is 13.0. The average molecular weight is 392 g/mol. The van der Waals surface area contributed by atoms with E-state index < -0.39 is 16.0 Å². The largest absolute Gasteiger partial charge is 0.497 e. The summed E-state index contributed by atoms with van der Waals surface area (Å²) in [5, 5.41) is 0. The first-order valence-corrected chi connectivity index (χ1v) is 9.86. The Labute approximate surface area is 159 Å². The molecular formula is C19H24N2O5S. The van der Waals surface area contributed by atoms with Crippen LogP contribution in [0.5, 0.6) is 5.75 Å². The monoisotopic (exact) mass is 392 g/mol. The summed E-state index contributed by atoms with van der Waals surface area (Å²) in [7, 11) is -0.897. The summed E-state index contributed by atoms with van der Waals surface area (Å²) in [6.45, 7) is 0.269. The number of nitrogens with two attached hydrogens (primary N) is 1. The van der Waals surface area contributed by atoms with Gasteiger partial charge in [0.15, 0.2) is 0 Å². The number of benzene rings is 2. The predicted molar refractivity (Wildman–Crippen MR) is 103 cm³/mol. The number of carbonyl (C=O) groups excluding carboxylic acids is 1. The van der Waals surface area contributed by atoms with Crippen molar-refractivity contribution in [2.75, 3.05) is 33.0 Å². The molecule has 0 aliphatic rings. The van der Waals surface area contributed by atoms with E-state index in [9.17, 15) is 13.2 Å². The van der Waals surface area contributed by atoms with Crippen LogP contribution in [-0.4, -0.2) is 46.0 Å². The Bertz CT molecular complexity index is 849. The topological polar surface area (TPSA) is 98.9 Å². The van der Waals surface area contributed by atoms with Gasteiger partial charge in [0.1, 0.15) is 5.75 Å². The zero-order valence-corrected chi connectivity index (χ0v) is 16.2. The molecule has 2 rings (SSSR count). The summed E-state index contributed by atoms with van der Waals surface area (Å²) in [5.74, 6) is 0.271. The molecule has 2 aromatic carbocycles. The fourth-order valence-electron chi connectivity index (χ4n) is 2.51. The summed E-state index contributed by atoms with van der Waals surface area (Å²) in [6.07, 6.45) is 0.479. The van der Waals surface area contributed by atoms with Crippen LogP contribution in [0.2, 0.25) is 0 Å². The Kier molecular flexibility index (Phi) is 7.20. The van der Waals surface area contributed by atoms with Gasteiger partial charge in [0.05, 0.1) is 25.5 Å². The molecule has 146 valence electrons. The molecule has 7 nitrogen and oxygen atoms in total. The van der Waals surface area contributed by atoms with Gasteiger partial charge >= 0.3 is 5.97 Å². The highest BCUT2D eigenvalue weighted by atomic mass is 32.2. The zero-order valence-electron chi connectivity index (χ0n) is 15.4. The highest BCUT2D eigenvalue weighted by molar-refractivity contribution is 7.89. The molecule has 0 saturated carbocycles. The van der Waals surface area contributed by atoms with Crippen LogP contribution in [-0.2, 0) is 26.0 Å². The van der Waals surface area contributed by atoms with Gasteiger partial charge in [-0.1, -0.05) is 12.1 Å². The highest BCUT2D eigenvalue weighted by Crippen LogP contribution is 2.19.